The molecule has 0 aliphatic rings. The molecule has 6 heteroatoms. The van der Waals surface area contributed by atoms with Crippen molar-refractivity contribution < 1.29 is 22.1 Å². The average Bonchev–Trinajstić information content (AvgIpc) is 2.10. The Balaban J connectivity index is 4.70. The van der Waals surface area contributed by atoms with Gasteiger partial charge in [0, 0.05) is 6.92 Å². The van der Waals surface area contributed by atoms with E-state index in [2.05, 4.69) is 0 Å². The second-order valence-corrected chi connectivity index (χ2v) is 6.03. The highest BCUT2D eigenvalue weighted by atomic mass is 32.2. The Kier molecular flexibility index (Phi) is 5.41. The number of hydrogen-bond acceptors (Lipinski definition) is 5. The molecule has 0 aromatic rings. The minimum absolute atomic E-state index is 0.0523. The summed E-state index contributed by atoms with van der Waals surface area (Å²) in [6.45, 7) is 6.88. The lowest BCUT2D eigenvalue weighted by Crippen LogP contribution is -2.37. The SMILES string of the molecule is CCC(C)(C)C(COC(C)=O)OS(C)(=O)=O. The Hall–Kier alpha value is -0.620. The lowest BCUT2D eigenvalue weighted by Gasteiger charge is -2.31. The van der Waals surface area contributed by atoms with Crippen LogP contribution < -0.4 is 0 Å². The number of hydrogen-bond donors (Lipinski definition) is 0. The first kappa shape index (κ1) is 15.4. The highest BCUT2D eigenvalue weighted by molar-refractivity contribution is 7.86. The largest absolute Gasteiger partial charge is 0.463 e. The predicted octanol–water partition coefficient (Wildman–Crippen LogP) is 1.33. The van der Waals surface area contributed by atoms with Crippen molar-refractivity contribution in [3.05, 3.63) is 0 Å². The Morgan fingerprint density at radius 1 is 1.38 bits per heavy atom. The predicted molar refractivity (Wildman–Crippen MR) is 60.4 cm³/mol. The molecule has 0 aliphatic heterocycles. The molecule has 0 amide bonds. The van der Waals surface area contributed by atoms with Crippen molar-refractivity contribution >= 4 is 16.1 Å². The molecule has 5 nitrogen and oxygen atoms in total. The Bertz CT molecular complexity index is 331. The van der Waals surface area contributed by atoms with Crippen LogP contribution in [0.5, 0.6) is 0 Å². The minimum atomic E-state index is -3.56. The van der Waals surface area contributed by atoms with Crippen molar-refractivity contribution in [2.75, 3.05) is 12.9 Å². The molecule has 0 aromatic heterocycles. The van der Waals surface area contributed by atoms with Crippen LogP contribution in [0.1, 0.15) is 34.1 Å². The quantitative estimate of drug-likeness (QED) is 0.527. The molecule has 0 radical (unpaired) electrons. The maximum atomic E-state index is 11.1. The number of rotatable bonds is 6. The van der Waals surface area contributed by atoms with Gasteiger partial charge in [-0.1, -0.05) is 20.8 Å². The van der Waals surface area contributed by atoms with Gasteiger partial charge in [-0.2, -0.15) is 8.42 Å². The molecule has 96 valence electrons. The van der Waals surface area contributed by atoms with E-state index in [0.29, 0.717) is 6.42 Å². The Labute approximate surface area is 97.2 Å². The maximum Gasteiger partial charge on any atom is 0.302 e. The van der Waals surface area contributed by atoms with E-state index >= 15 is 0 Å². The molecular weight excluding hydrogens is 232 g/mol. The van der Waals surface area contributed by atoms with Gasteiger partial charge < -0.3 is 4.74 Å². The Morgan fingerprint density at radius 3 is 2.19 bits per heavy atom. The van der Waals surface area contributed by atoms with Gasteiger partial charge in [-0.25, -0.2) is 0 Å². The van der Waals surface area contributed by atoms with Crippen LogP contribution in [0.4, 0.5) is 0 Å². The fourth-order valence-electron chi connectivity index (χ4n) is 1.02. The number of esters is 1. The molecule has 0 N–H and O–H groups in total. The van der Waals surface area contributed by atoms with E-state index in [9.17, 15) is 13.2 Å². The summed E-state index contributed by atoms with van der Waals surface area (Å²) in [5, 5.41) is 0. The zero-order valence-corrected chi connectivity index (χ0v) is 11.3. The second kappa shape index (κ2) is 5.63. The van der Waals surface area contributed by atoms with Gasteiger partial charge in [-0.3, -0.25) is 8.98 Å². The lowest BCUT2D eigenvalue weighted by atomic mass is 9.84. The standard InChI is InChI=1S/C10H20O5S/c1-6-10(3,4)9(7-14-8(2)11)15-16(5,12)13/h9H,6-7H2,1-5H3. The Morgan fingerprint density at radius 2 is 1.88 bits per heavy atom. The summed E-state index contributed by atoms with van der Waals surface area (Å²) in [6.07, 6.45) is 1.05. The zero-order valence-electron chi connectivity index (χ0n) is 10.4. The third-order valence-corrected chi connectivity index (χ3v) is 3.09. The van der Waals surface area contributed by atoms with Crippen LogP contribution in [0.3, 0.4) is 0 Å². The summed E-state index contributed by atoms with van der Waals surface area (Å²) in [7, 11) is -3.56. The molecule has 0 spiro atoms. The van der Waals surface area contributed by atoms with Crippen molar-refractivity contribution in [3.63, 3.8) is 0 Å². The molecule has 0 aliphatic carbocycles. The molecular formula is C10H20O5S. The minimum Gasteiger partial charge on any atom is -0.463 e. The van der Waals surface area contributed by atoms with Gasteiger partial charge in [0.05, 0.1) is 6.26 Å². The van der Waals surface area contributed by atoms with Crippen LogP contribution in [-0.2, 0) is 23.8 Å². The van der Waals surface area contributed by atoms with Crippen molar-refractivity contribution in [1.82, 2.24) is 0 Å². The number of carbonyl (C=O) groups excluding carboxylic acids is 1. The zero-order chi connectivity index (χ0) is 13.0. The van der Waals surface area contributed by atoms with Crippen molar-refractivity contribution in [2.24, 2.45) is 5.41 Å². The van der Waals surface area contributed by atoms with E-state index in [1.165, 1.54) is 6.92 Å². The van der Waals surface area contributed by atoms with Gasteiger partial charge >= 0.3 is 5.97 Å². The van der Waals surface area contributed by atoms with Crippen molar-refractivity contribution in [1.29, 1.82) is 0 Å². The van der Waals surface area contributed by atoms with Gasteiger partial charge in [0.2, 0.25) is 0 Å². The number of ether oxygens (including phenoxy) is 1. The average molecular weight is 252 g/mol. The molecule has 0 bridgehead atoms. The summed E-state index contributed by atoms with van der Waals surface area (Å²) < 4.78 is 31.9. The topological polar surface area (TPSA) is 69.7 Å². The second-order valence-electron chi connectivity index (χ2n) is 4.43. The molecule has 0 aromatic carbocycles. The first-order valence-corrected chi connectivity index (χ1v) is 6.91. The smallest absolute Gasteiger partial charge is 0.302 e. The van der Waals surface area contributed by atoms with Crippen molar-refractivity contribution in [2.45, 2.75) is 40.2 Å². The molecule has 1 atom stereocenters. The fraction of sp³-hybridized carbons (Fsp3) is 0.900. The van der Waals surface area contributed by atoms with E-state index in [1.807, 2.05) is 20.8 Å². The van der Waals surface area contributed by atoms with Crippen LogP contribution in [-0.4, -0.2) is 33.4 Å². The van der Waals surface area contributed by atoms with E-state index in [-0.39, 0.29) is 12.0 Å². The molecule has 0 rings (SSSR count). The molecule has 1 unspecified atom stereocenters. The van der Waals surface area contributed by atoms with Gasteiger partial charge in [0.15, 0.2) is 0 Å². The third-order valence-electron chi connectivity index (χ3n) is 2.51. The first-order chi connectivity index (χ1) is 7.08. The summed E-state index contributed by atoms with van der Waals surface area (Å²) in [5.74, 6) is -0.450. The van der Waals surface area contributed by atoms with E-state index in [4.69, 9.17) is 8.92 Å². The highest BCUT2D eigenvalue weighted by Crippen LogP contribution is 2.28. The summed E-state index contributed by atoms with van der Waals surface area (Å²) in [4.78, 5) is 10.7. The van der Waals surface area contributed by atoms with Crippen LogP contribution in [0, 0.1) is 5.41 Å². The van der Waals surface area contributed by atoms with Gasteiger partial charge in [-0.15, -0.1) is 0 Å². The molecule has 0 fully saturated rings. The molecule has 0 heterocycles. The van der Waals surface area contributed by atoms with E-state index in [1.54, 1.807) is 0 Å². The summed E-state index contributed by atoms with van der Waals surface area (Å²) >= 11 is 0. The first-order valence-electron chi connectivity index (χ1n) is 5.10. The lowest BCUT2D eigenvalue weighted by molar-refractivity contribution is -0.145. The monoisotopic (exact) mass is 252 g/mol. The fourth-order valence-corrected chi connectivity index (χ4v) is 1.75. The summed E-state index contributed by atoms with van der Waals surface area (Å²) in [5.41, 5.74) is -0.376. The molecule has 0 saturated heterocycles. The van der Waals surface area contributed by atoms with Crippen LogP contribution in [0.2, 0.25) is 0 Å². The number of carbonyl (C=O) groups is 1. The normalized spacial score (nSPS) is 14.6. The van der Waals surface area contributed by atoms with Crippen LogP contribution in [0.25, 0.3) is 0 Å². The van der Waals surface area contributed by atoms with Crippen LogP contribution >= 0.6 is 0 Å². The van der Waals surface area contributed by atoms with E-state index < -0.39 is 22.2 Å². The van der Waals surface area contributed by atoms with E-state index in [0.717, 1.165) is 6.26 Å². The van der Waals surface area contributed by atoms with Gasteiger partial charge in [0.25, 0.3) is 10.1 Å². The summed E-state index contributed by atoms with van der Waals surface area (Å²) in [6, 6.07) is 0. The maximum absolute atomic E-state index is 11.1. The van der Waals surface area contributed by atoms with Crippen molar-refractivity contribution in [3.8, 4) is 0 Å². The van der Waals surface area contributed by atoms with Gasteiger partial charge in [-0.05, 0) is 11.8 Å². The third kappa shape index (κ3) is 6.07. The molecule has 0 saturated carbocycles. The highest BCUT2D eigenvalue weighted by Gasteiger charge is 2.32. The molecule has 16 heavy (non-hydrogen) atoms. The van der Waals surface area contributed by atoms with Crippen LogP contribution in [0.15, 0.2) is 0 Å². The van der Waals surface area contributed by atoms with Gasteiger partial charge in [0.1, 0.15) is 12.7 Å².